The van der Waals surface area contributed by atoms with Gasteiger partial charge in [-0.25, -0.2) is 4.79 Å². The highest BCUT2D eigenvalue weighted by Crippen LogP contribution is 2.45. The molecule has 0 bridgehead atoms. The van der Waals surface area contributed by atoms with E-state index in [9.17, 15) is 10.1 Å². The van der Waals surface area contributed by atoms with Crippen LogP contribution in [0.3, 0.4) is 0 Å². The number of hydrogen-bond donors (Lipinski definition) is 0. The zero-order valence-electron chi connectivity index (χ0n) is 25.9. The third kappa shape index (κ3) is 7.58. The minimum Gasteiger partial charge on any atom is -0.444 e. The van der Waals surface area contributed by atoms with Gasteiger partial charge in [0.1, 0.15) is 5.60 Å². The van der Waals surface area contributed by atoms with E-state index in [1.165, 1.54) is 0 Å². The summed E-state index contributed by atoms with van der Waals surface area (Å²) in [5, 5.41) is 15.1. The number of aromatic nitrogens is 1. The molecule has 0 saturated carbocycles. The topological polar surface area (TPSA) is 88.6 Å². The number of carbonyl (C=O) groups is 1. The van der Waals surface area contributed by atoms with E-state index in [0.29, 0.717) is 11.5 Å². The normalized spacial score (nSPS) is 15.8. The molecular formula is C33H45N3O4Si. The number of likely N-dealkylation sites (tertiary alicyclic amines) is 1. The number of nitrogens with zero attached hydrogens (tertiary/aromatic N) is 3. The van der Waals surface area contributed by atoms with Gasteiger partial charge in [-0.15, -0.1) is 0 Å². The number of rotatable bonds is 7. The molecule has 41 heavy (non-hydrogen) atoms. The van der Waals surface area contributed by atoms with Gasteiger partial charge in [-0.1, -0.05) is 44.1 Å². The Kier molecular flexibility index (Phi) is 9.30. The first-order valence-corrected chi connectivity index (χ1v) is 17.6. The summed E-state index contributed by atoms with van der Waals surface area (Å²) in [5.74, 6) is 0.519. The number of amides is 1. The van der Waals surface area contributed by atoms with Crippen LogP contribution in [0.2, 0.25) is 13.1 Å². The van der Waals surface area contributed by atoms with Crippen LogP contribution in [0.25, 0.3) is 22.1 Å². The van der Waals surface area contributed by atoms with Gasteiger partial charge in [-0.05, 0) is 100 Å². The van der Waals surface area contributed by atoms with Gasteiger partial charge in [0.25, 0.3) is 0 Å². The third-order valence-electron chi connectivity index (χ3n) is 7.57. The fourth-order valence-electron chi connectivity index (χ4n) is 5.57. The van der Waals surface area contributed by atoms with Gasteiger partial charge in [-0.2, -0.15) is 5.26 Å². The van der Waals surface area contributed by atoms with Crippen LogP contribution in [0.15, 0.2) is 40.9 Å². The lowest BCUT2D eigenvalue weighted by atomic mass is 9.80. The van der Waals surface area contributed by atoms with Gasteiger partial charge in [0.15, 0.2) is 14.6 Å². The molecule has 0 radical (unpaired) electrons. The number of ether oxygens (including phenoxy) is 1. The molecule has 1 aliphatic heterocycles. The second-order valence-corrected chi connectivity index (χ2v) is 16.0. The van der Waals surface area contributed by atoms with Crippen LogP contribution in [-0.4, -0.2) is 43.9 Å². The van der Waals surface area contributed by atoms with Crippen LogP contribution in [0.1, 0.15) is 83.7 Å². The molecule has 1 aromatic heterocycles. The first kappa shape index (κ1) is 30.8. The van der Waals surface area contributed by atoms with Crippen LogP contribution in [0.5, 0.6) is 0 Å². The summed E-state index contributed by atoms with van der Waals surface area (Å²) in [5.41, 5.74) is 4.69. The molecule has 7 nitrogen and oxygen atoms in total. The number of nitriles is 1. The molecule has 3 aromatic rings. The molecule has 1 fully saturated rings. The molecule has 1 atom stereocenters. The zero-order valence-corrected chi connectivity index (χ0v) is 27.1. The minimum absolute atomic E-state index is 0.178. The fourth-order valence-corrected chi connectivity index (χ4v) is 6.66. The van der Waals surface area contributed by atoms with Crippen molar-refractivity contribution in [3.8, 4) is 17.2 Å². The second kappa shape index (κ2) is 12.4. The van der Waals surface area contributed by atoms with Crippen molar-refractivity contribution in [2.45, 2.75) is 92.0 Å². The molecule has 1 aliphatic rings. The molecule has 0 aliphatic carbocycles. The Morgan fingerprint density at radius 1 is 1.15 bits per heavy atom. The minimum atomic E-state index is -1.41. The Morgan fingerprint density at radius 2 is 1.85 bits per heavy atom. The predicted octanol–water partition coefficient (Wildman–Crippen LogP) is 8.03. The maximum Gasteiger partial charge on any atom is 0.410 e. The first-order valence-electron chi connectivity index (χ1n) is 14.8. The van der Waals surface area contributed by atoms with Crippen molar-refractivity contribution in [3.05, 3.63) is 53.2 Å². The van der Waals surface area contributed by atoms with Crippen LogP contribution in [-0.2, 0) is 15.6 Å². The maximum atomic E-state index is 12.5. The first-order chi connectivity index (χ1) is 19.3. The van der Waals surface area contributed by atoms with Crippen molar-refractivity contribution in [1.29, 1.82) is 5.26 Å². The number of benzene rings is 2. The summed E-state index contributed by atoms with van der Waals surface area (Å²) in [6, 6.07) is 14.2. The summed E-state index contributed by atoms with van der Waals surface area (Å²) < 4.78 is 18.4. The van der Waals surface area contributed by atoms with Crippen molar-refractivity contribution in [1.82, 2.24) is 10.1 Å². The van der Waals surface area contributed by atoms with Crippen molar-refractivity contribution >= 4 is 26.1 Å². The van der Waals surface area contributed by atoms with E-state index in [0.717, 1.165) is 72.1 Å². The molecular weight excluding hydrogens is 530 g/mol. The standard InChI is InChI=1S/C33H45N3O4Si/c1-32(2,3)30(40-41(7)8)28-25(24-11-9-10-23(20-24)21-34)13-14-26-27(35-39-29(26)28)15-12-22-16-18-36(19-17-22)31(37)38-33(4,5)6/h9-11,13-14,20,22,30,41H,12,15-19H2,1-8H3. The summed E-state index contributed by atoms with van der Waals surface area (Å²) in [4.78, 5) is 14.3. The predicted molar refractivity (Wildman–Crippen MR) is 165 cm³/mol. The number of aryl methyl sites for hydroxylation is 1. The molecule has 2 aromatic carbocycles. The monoisotopic (exact) mass is 575 g/mol. The van der Waals surface area contributed by atoms with E-state index in [1.807, 2.05) is 49.9 Å². The summed E-state index contributed by atoms with van der Waals surface area (Å²) in [7, 11) is -1.41. The summed E-state index contributed by atoms with van der Waals surface area (Å²) in [6.45, 7) is 18.1. The van der Waals surface area contributed by atoms with Crippen molar-refractivity contribution in [2.24, 2.45) is 11.3 Å². The molecule has 220 valence electrons. The Morgan fingerprint density at radius 3 is 2.46 bits per heavy atom. The van der Waals surface area contributed by atoms with E-state index in [2.05, 4.69) is 57.2 Å². The molecule has 0 spiro atoms. The second-order valence-electron chi connectivity index (χ2n) is 13.6. The van der Waals surface area contributed by atoms with E-state index < -0.39 is 14.6 Å². The molecule has 1 unspecified atom stereocenters. The van der Waals surface area contributed by atoms with Crippen LogP contribution in [0, 0.1) is 22.7 Å². The molecule has 0 N–H and O–H groups in total. The third-order valence-corrected chi connectivity index (χ3v) is 8.39. The van der Waals surface area contributed by atoms with E-state index in [-0.39, 0.29) is 17.6 Å². The number of piperidine rings is 1. The molecule has 4 rings (SSSR count). The number of hydrogen-bond acceptors (Lipinski definition) is 6. The van der Waals surface area contributed by atoms with E-state index >= 15 is 0 Å². The smallest absolute Gasteiger partial charge is 0.410 e. The van der Waals surface area contributed by atoms with Crippen LogP contribution >= 0.6 is 0 Å². The van der Waals surface area contributed by atoms with Gasteiger partial charge < -0.3 is 18.6 Å². The highest BCUT2D eigenvalue weighted by molar-refractivity contribution is 6.48. The van der Waals surface area contributed by atoms with Gasteiger partial charge in [-0.3, -0.25) is 0 Å². The summed E-state index contributed by atoms with van der Waals surface area (Å²) in [6.07, 6.45) is 3.31. The molecule has 1 saturated heterocycles. The average Bonchev–Trinajstić information content (AvgIpc) is 3.32. The van der Waals surface area contributed by atoms with Crippen molar-refractivity contribution in [3.63, 3.8) is 0 Å². The lowest BCUT2D eigenvalue weighted by Gasteiger charge is -2.34. The molecule has 8 heteroatoms. The maximum absolute atomic E-state index is 12.5. The van der Waals surface area contributed by atoms with E-state index in [4.69, 9.17) is 13.7 Å². The molecule has 2 heterocycles. The number of carbonyl (C=O) groups excluding carboxylic acids is 1. The van der Waals surface area contributed by atoms with E-state index in [1.54, 1.807) is 0 Å². The van der Waals surface area contributed by atoms with Crippen LogP contribution in [0.4, 0.5) is 4.79 Å². The van der Waals surface area contributed by atoms with Gasteiger partial charge >= 0.3 is 6.09 Å². The Balaban J connectivity index is 1.61. The largest absolute Gasteiger partial charge is 0.444 e. The Labute approximate surface area is 246 Å². The zero-order chi connectivity index (χ0) is 29.9. The average molecular weight is 576 g/mol. The van der Waals surface area contributed by atoms with Gasteiger partial charge in [0, 0.05) is 24.0 Å². The quantitative estimate of drug-likeness (QED) is 0.265. The molecule has 1 amide bonds. The lowest BCUT2D eigenvalue weighted by molar-refractivity contribution is 0.0181. The van der Waals surface area contributed by atoms with Crippen molar-refractivity contribution in [2.75, 3.05) is 13.1 Å². The van der Waals surface area contributed by atoms with Crippen molar-refractivity contribution < 1.29 is 18.5 Å². The van der Waals surface area contributed by atoms with Gasteiger partial charge in [0.2, 0.25) is 0 Å². The SMILES string of the molecule is C[SiH](C)OC(c1c(-c2cccc(C#N)c2)ccc2c(CCC3CCN(C(=O)OC(C)(C)C)CC3)noc12)C(C)(C)C. The van der Waals surface area contributed by atoms with Crippen LogP contribution < -0.4 is 0 Å². The Bertz CT molecular complexity index is 1400. The number of fused-ring (bicyclic) bond motifs is 1. The fraction of sp³-hybridized carbons (Fsp3) is 0.545. The lowest BCUT2D eigenvalue weighted by Crippen LogP contribution is -2.41. The highest BCUT2D eigenvalue weighted by atomic mass is 28.3. The van der Waals surface area contributed by atoms with Gasteiger partial charge in [0.05, 0.1) is 23.4 Å². The summed E-state index contributed by atoms with van der Waals surface area (Å²) >= 11 is 0. The Hall–Kier alpha value is -3.15. The highest BCUT2D eigenvalue weighted by Gasteiger charge is 2.34.